The Morgan fingerprint density at radius 1 is 1.20 bits per heavy atom. The first-order valence-corrected chi connectivity index (χ1v) is 7.34. The maximum Gasteiger partial charge on any atom is 0.222 e. The molecule has 0 aliphatic rings. The second-order valence-electron chi connectivity index (χ2n) is 4.83. The SMILES string of the molecule is CCC(O)(CNc1ncc(C)cn1)c1ccc(Br)cc1. The number of aryl methyl sites for hydroxylation is 1. The number of nitrogens with one attached hydrogen (secondary N) is 1. The van der Waals surface area contributed by atoms with E-state index in [1.54, 1.807) is 12.4 Å². The Labute approximate surface area is 127 Å². The molecule has 106 valence electrons. The Bertz CT molecular complexity index is 556. The molecule has 2 rings (SSSR count). The highest BCUT2D eigenvalue weighted by Gasteiger charge is 2.27. The van der Waals surface area contributed by atoms with Gasteiger partial charge in [-0.25, -0.2) is 9.97 Å². The number of hydrogen-bond donors (Lipinski definition) is 2. The van der Waals surface area contributed by atoms with Crippen molar-refractivity contribution in [3.8, 4) is 0 Å². The van der Waals surface area contributed by atoms with Crippen LogP contribution in [0.2, 0.25) is 0 Å². The van der Waals surface area contributed by atoms with Gasteiger partial charge in [-0.2, -0.15) is 0 Å². The summed E-state index contributed by atoms with van der Waals surface area (Å²) in [5.74, 6) is 0.527. The van der Waals surface area contributed by atoms with Crippen molar-refractivity contribution in [2.75, 3.05) is 11.9 Å². The van der Waals surface area contributed by atoms with Crippen LogP contribution in [0.3, 0.4) is 0 Å². The number of hydrogen-bond acceptors (Lipinski definition) is 4. The molecule has 5 heteroatoms. The van der Waals surface area contributed by atoms with Crippen molar-refractivity contribution in [3.05, 3.63) is 52.3 Å². The van der Waals surface area contributed by atoms with E-state index in [0.717, 1.165) is 15.6 Å². The highest BCUT2D eigenvalue weighted by atomic mass is 79.9. The average molecular weight is 336 g/mol. The molecule has 1 atom stereocenters. The zero-order valence-electron chi connectivity index (χ0n) is 11.6. The van der Waals surface area contributed by atoms with Crippen molar-refractivity contribution in [2.24, 2.45) is 0 Å². The molecule has 20 heavy (non-hydrogen) atoms. The molecule has 4 nitrogen and oxygen atoms in total. The predicted molar refractivity (Wildman–Crippen MR) is 83.6 cm³/mol. The van der Waals surface area contributed by atoms with Gasteiger partial charge in [0.25, 0.3) is 0 Å². The van der Waals surface area contributed by atoms with Crippen LogP contribution in [0.1, 0.15) is 24.5 Å². The summed E-state index contributed by atoms with van der Waals surface area (Å²) < 4.78 is 0.995. The second kappa shape index (κ2) is 6.33. The van der Waals surface area contributed by atoms with Crippen molar-refractivity contribution in [3.63, 3.8) is 0 Å². The standard InChI is InChI=1S/C15H18BrN3O/c1-3-15(20,12-4-6-13(16)7-5-12)10-19-14-17-8-11(2)9-18-14/h4-9,20H,3,10H2,1-2H3,(H,17,18,19). The van der Waals surface area contributed by atoms with Crippen molar-refractivity contribution in [1.82, 2.24) is 9.97 Å². The van der Waals surface area contributed by atoms with E-state index in [1.165, 1.54) is 0 Å². The lowest BCUT2D eigenvalue weighted by Crippen LogP contribution is -2.33. The number of rotatable bonds is 5. The van der Waals surface area contributed by atoms with Crippen LogP contribution in [-0.2, 0) is 5.60 Å². The monoisotopic (exact) mass is 335 g/mol. The third-order valence-corrected chi connectivity index (χ3v) is 3.82. The molecule has 0 fully saturated rings. The van der Waals surface area contributed by atoms with Crippen LogP contribution in [0.4, 0.5) is 5.95 Å². The molecule has 0 radical (unpaired) electrons. The topological polar surface area (TPSA) is 58.0 Å². The summed E-state index contributed by atoms with van der Waals surface area (Å²) in [6, 6.07) is 7.70. The summed E-state index contributed by atoms with van der Waals surface area (Å²) in [6.45, 7) is 4.27. The molecule has 2 aromatic rings. The molecule has 0 spiro atoms. The van der Waals surface area contributed by atoms with E-state index in [0.29, 0.717) is 18.9 Å². The molecule has 0 amide bonds. The highest BCUT2D eigenvalue weighted by molar-refractivity contribution is 9.10. The van der Waals surface area contributed by atoms with Crippen LogP contribution >= 0.6 is 15.9 Å². The molecule has 2 N–H and O–H groups in total. The fourth-order valence-corrected chi connectivity index (χ4v) is 2.16. The first-order valence-electron chi connectivity index (χ1n) is 6.54. The lowest BCUT2D eigenvalue weighted by molar-refractivity contribution is 0.0462. The van der Waals surface area contributed by atoms with Crippen molar-refractivity contribution in [2.45, 2.75) is 25.9 Å². The van der Waals surface area contributed by atoms with Gasteiger partial charge in [-0.3, -0.25) is 0 Å². The van der Waals surface area contributed by atoms with E-state index in [1.807, 2.05) is 38.1 Å². The van der Waals surface area contributed by atoms with Crippen LogP contribution in [0.5, 0.6) is 0 Å². The Hall–Kier alpha value is -1.46. The molecule has 0 aliphatic heterocycles. The van der Waals surface area contributed by atoms with Crippen LogP contribution < -0.4 is 5.32 Å². The number of benzene rings is 1. The smallest absolute Gasteiger partial charge is 0.222 e. The minimum absolute atomic E-state index is 0.369. The van der Waals surface area contributed by atoms with E-state index >= 15 is 0 Å². The molecule has 1 aromatic carbocycles. The first kappa shape index (κ1) is 14.9. The summed E-state index contributed by atoms with van der Waals surface area (Å²) in [7, 11) is 0. The number of anilines is 1. The van der Waals surface area contributed by atoms with Gasteiger partial charge in [0.2, 0.25) is 5.95 Å². The van der Waals surface area contributed by atoms with E-state index in [-0.39, 0.29) is 0 Å². The van der Waals surface area contributed by atoms with Crippen LogP contribution in [0, 0.1) is 6.92 Å². The number of aliphatic hydroxyl groups is 1. The fraction of sp³-hybridized carbons (Fsp3) is 0.333. The lowest BCUT2D eigenvalue weighted by atomic mass is 9.91. The van der Waals surface area contributed by atoms with Crippen molar-refractivity contribution < 1.29 is 5.11 Å². The maximum atomic E-state index is 10.8. The first-order chi connectivity index (χ1) is 9.53. The summed E-state index contributed by atoms with van der Waals surface area (Å²) in [5.41, 5.74) is 0.951. The molecule has 1 aromatic heterocycles. The molecule has 0 aliphatic carbocycles. The third-order valence-electron chi connectivity index (χ3n) is 3.29. The van der Waals surface area contributed by atoms with Gasteiger partial charge in [0.15, 0.2) is 0 Å². The molecule has 1 unspecified atom stereocenters. The van der Waals surface area contributed by atoms with Gasteiger partial charge in [-0.15, -0.1) is 0 Å². The van der Waals surface area contributed by atoms with Gasteiger partial charge < -0.3 is 10.4 Å². The molecule has 1 heterocycles. The van der Waals surface area contributed by atoms with Crippen LogP contribution in [-0.4, -0.2) is 21.6 Å². The van der Waals surface area contributed by atoms with Gasteiger partial charge in [0.1, 0.15) is 5.60 Å². The molecule has 0 saturated heterocycles. The lowest BCUT2D eigenvalue weighted by Gasteiger charge is -2.27. The minimum Gasteiger partial charge on any atom is -0.383 e. The predicted octanol–water partition coefficient (Wildman–Crippen LogP) is 3.26. The molecular formula is C15H18BrN3O. The van der Waals surface area contributed by atoms with Gasteiger partial charge >= 0.3 is 0 Å². The van der Waals surface area contributed by atoms with Crippen LogP contribution in [0.25, 0.3) is 0 Å². The van der Waals surface area contributed by atoms with Gasteiger partial charge in [0, 0.05) is 16.9 Å². The fourth-order valence-electron chi connectivity index (χ4n) is 1.90. The van der Waals surface area contributed by atoms with Crippen molar-refractivity contribution >= 4 is 21.9 Å². The Kier molecular flexibility index (Phi) is 4.73. The summed E-state index contributed by atoms with van der Waals surface area (Å²) in [5, 5.41) is 13.9. The van der Waals surface area contributed by atoms with Crippen LogP contribution in [0.15, 0.2) is 41.1 Å². The molecular weight excluding hydrogens is 318 g/mol. The Morgan fingerprint density at radius 3 is 2.35 bits per heavy atom. The number of aromatic nitrogens is 2. The largest absolute Gasteiger partial charge is 0.383 e. The Balaban J connectivity index is 2.11. The summed E-state index contributed by atoms with van der Waals surface area (Å²) >= 11 is 3.40. The summed E-state index contributed by atoms with van der Waals surface area (Å²) in [6.07, 6.45) is 4.10. The second-order valence-corrected chi connectivity index (χ2v) is 5.75. The number of halogens is 1. The minimum atomic E-state index is -0.936. The maximum absolute atomic E-state index is 10.8. The highest BCUT2D eigenvalue weighted by Crippen LogP contribution is 2.26. The zero-order chi connectivity index (χ0) is 14.6. The molecule has 0 bridgehead atoms. The quantitative estimate of drug-likeness (QED) is 0.880. The zero-order valence-corrected chi connectivity index (χ0v) is 13.2. The Morgan fingerprint density at radius 2 is 1.80 bits per heavy atom. The summed E-state index contributed by atoms with van der Waals surface area (Å²) in [4.78, 5) is 8.37. The van der Waals surface area contributed by atoms with E-state index in [9.17, 15) is 5.11 Å². The van der Waals surface area contributed by atoms with Gasteiger partial charge in [0.05, 0.1) is 6.54 Å². The third kappa shape index (κ3) is 3.55. The van der Waals surface area contributed by atoms with E-state index < -0.39 is 5.60 Å². The van der Waals surface area contributed by atoms with Gasteiger partial charge in [-0.1, -0.05) is 35.0 Å². The van der Waals surface area contributed by atoms with E-state index in [2.05, 4.69) is 31.2 Å². The van der Waals surface area contributed by atoms with Crippen molar-refractivity contribution in [1.29, 1.82) is 0 Å². The number of nitrogens with zero attached hydrogens (tertiary/aromatic N) is 2. The van der Waals surface area contributed by atoms with Gasteiger partial charge in [-0.05, 0) is 36.6 Å². The average Bonchev–Trinajstić information content (AvgIpc) is 2.47. The normalized spacial score (nSPS) is 13.8. The van der Waals surface area contributed by atoms with E-state index in [4.69, 9.17) is 0 Å². The molecule has 0 saturated carbocycles.